The molecule has 1 N–H and O–H groups in total. The van der Waals surface area contributed by atoms with Gasteiger partial charge in [-0.25, -0.2) is 0 Å². The van der Waals surface area contributed by atoms with Crippen LogP contribution in [0.1, 0.15) is 17.5 Å². The van der Waals surface area contributed by atoms with Crippen LogP contribution in [-0.2, 0) is 11.3 Å². The van der Waals surface area contributed by atoms with Gasteiger partial charge in [-0.2, -0.15) is 0 Å². The van der Waals surface area contributed by atoms with Gasteiger partial charge in [0.2, 0.25) is 5.91 Å². The maximum atomic E-state index is 12.2. The van der Waals surface area contributed by atoms with Gasteiger partial charge in [-0.1, -0.05) is 17.7 Å². The number of carbonyl (C=O) groups excluding carboxylic acids is 1. The Morgan fingerprint density at radius 1 is 1.14 bits per heavy atom. The van der Waals surface area contributed by atoms with E-state index in [0.717, 1.165) is 17.5 Å². The summed E-state index contributed by atoms with van der Waals surface area (Å²) in [6.45, 7) is 1.51. The van der Waals surface area contributed by atoms with E-state index in [1.54, 1.807) is 32.4 Å². The molecule has 0 atom stereocenters. The standard InChI is InChI=1S/C21H22ClNO5/c1-25-17-6-4-15(12-18(17)26-2)13-23-20(24)7-5-14-10-16(22)21-19(11-14)27-8-3-9-28-21/h4-7,10-12H,3,8-9,13H2,1-2H3,(H,23,24)/b7-5+. The molecule has 0 unspecified atom stereocenters. The maximum Gasteiger partial charge on any atom is 0.244 e. The third-order valence-electron chi connectivity index (χ3n) is 4.17. The smallest absolute Gasteiger partial charge is 0.244 e. The molecule has 0 radical (unpaired) electrons. The van der Waals surface area contributed by atoms with E-state index in [2.05, 4.69) is 5.32 Å². The second-order valence-corrected chi connectivity index (χ2v) is 6.53. The van der Waals surface area contributed by atoms with Gasteiger partial charge in [0, 0.05) is 19.0 Å². The van der Waals surface area contributed by atoms with Crippen molar-refractivity contribution in [1.82, 2.24) is 5.32 Å². The largest absolute Gasteiger partial charge is 0.493 e. The Morgan fingerprint density at radius 2 is 1.93 bits per heavy atom. The Balaban J connectivity index is 1.63. The van der Waals surface area contributed by atoms with Crippen molar-refractivity contribution in [3.63, 3.8) is 0 Å². The number of methoxy groups -OCH3 is 2. The number of ether oxygens (including phenoxy) is 4. The Bertz CT molecular complexity index is 881. The van der Waals surface area contributed by atoms with Crippen LogP contribution in [0, 0.1) is 0 Å². The van der Waals surface area contributed by atoms with Gasteiger partial charge in [0.15, 0.2) is 23.0 Å². The molecule has 28 heavy (non-hydrogen) atoms. The summed E-state index contributed by atoms with van der Waals surface area (Å²) < 4.78 is 21.7. The lowest BCUT2D eigenvalue weighted by molar-refractivity contribution is -0.116. The molecule has 1 amide bonds. The summed E-state index contributed by atoms with van der Waals surface area (Å²) in [6, 6.07) is 9.05. The van der Waals surface area contributed by atoms with Crippen LogP contribution in [-0.4, -0.2) is 33.3 Å². The van der Waals surface area contributed by atoms with Crippen molar-refractivity contribution in [2.45, 2.75) is 13.0 Å². The Hall–Kier alpha value is -2.86. The minimum absolute atomic E-state index is 0.224. The van der Waals surface area contributed by atoms with Crippen molar-refractivity contribution in [1.29, 1.82) is 0 Å². The van der Waals surface area contributed by atoms with E-state index in [-0.39, 0.29) is 5.91 Å². The normalized spacial score (nSPS) is 13.1. The summed E-state index contributed by atoms with van der Waals surface area (Å²) in [7, 11) is 3.15. The number of fused-ring (bicyclic) bond motifs is 1. The van der Waals surface area contributed by atoms with E-state index in [4.69, 9.17) is 30.5 Å². The molecule has 0 spiro atoms. The van der Waals surface area contributed by atoms with Gasteiger partial charge < -0.3 is 24.3 Å². The van der Waals surface area contributed by atoms with Crippen LogP contribution >= 0.6 is 11.6 Å². The molecule has 0 fully saturated rings. The van der Waals surface area contributed by atoms with Gasteiger partial charge in [0.25, 0.3) is 0 Å². The third kappa shape index (κ3) is 4.89. The average Bonchev–Trinajstić information content (AvgIpc) is 2.96. The molecule has 0 saturated heterocycles. The highest BCUT2D eigenvalue weighted by Crippen LogP contribution is 2.38. The first-order valence-corrected chi connectivity index (χ1v) is 9.24. The third-order valence-corrected chi connectivity index (χ3v) is 4.45. The average molecular weight is 404 g/mol. The topological polar surface area (TPSA) is 66.0 Å². The molecule has 3 rings (SSSR count). The molecule has 0 saturated carbocycles. The van der Waals surface area contributed by atoms with Crippen molar-refractivity contribution >= 4 is 23.6 Å². The molecule has 148 valence electrons. The molecule has 1 aliphatic heterocycles. The molecule has 7 heteroatoms. The summed E-state index contributed by atoms with van der Waals surface area (Å²) in [6.07, 6.45) is 3.94. The summed E-state index contributed by atoms with van der Waals surface area (Å²) in [5.41, 5.74) is 1.66. The van der Waals surface area contributed by atoms with Crippen molar-refractivity contribution in [3.05, 3.63) is 52.6 Å². The van der Waals surface area contributed by atoms with Crippen molar-refractivity contribution in [2.24, 2.45) is 0 Å². The Labute approximate surface area is 169 Å². The van der Waals surface area contributed by atoms with Crippen LogP contribution in [0.5, 0.6) is 23.0 Å². The zero-order valence-electron chi connectivity index (χ0n) is 15.8. The molecule has 1 heterocycles. The maximum absolute atomic E-state index is 12.2. The van der Waals surface area contributed by atoms with Gasteiger partial charge >= 0.3 is 0 Å². The fourth-order valence-electron chi connectivity index (χ4n) is 2.76. The molecule has 1 aliphatic rings. The van der Waals surface area contributed by atoms with E-state index in [1.807, 2.05) is 18.2 Å². The zero-order valence-corrected chi connectivity index (χ0v) is 16.5. The monoisotopic (exact) mass is 403 g/mol. The number of rotatable bonds is 6. The number of carbonyl (C=O) groups is 1. The quantitative estimate of drug-likeness (QED) is 0.742. The van der Waals surface area contributed by atoms with E-state index in [1.165, 1.54) is 6.08 Å². The van der Waals surface area contributed by atoms with E-state index in [0.29, 0.717) is 47.8 Å². The van der Waals surface area contributed by atoms with Gasteiger partial charge in [-0.15, -0.1) is 0 Å². The van der Waals surface area contributed by atoms with E-state index < -0.39 is 0 Å². The fourth-order valence-corrected chi connectivity index (χ4v) is 3.03. The summed E-state index contributed by atoms with van der Waals surface area (Å²) in [5, 5.41) is 3.30. The van der Waals surface area contributed by atoms with Crippen molar-refractivity contribution in [3.8, 4) is 23.0 Å². The number of hydrogen-bond acceptors (Lipinski definition) is 5. The Morgan fingerprint density at radius 3 is 2.71 bits per heavy atom. The number of benzene rings is 2. The van der Waals surface area contributed by atoms with Gasteiger partial charge in [-0.3, -0.25) is 4.79 Å². The predicted molar refractivity (Wildman–Crippen MR) is 107 cm³/mol. The number of nitrogens with one attached hydrogen (secondary N) is 1. The number of halogens is 1. The van der Waals surface area contributed by atoms with Crippen molar-refractivity contribution < 1.29 is 23.7 Å². The SMILES string of the molecule is COc1ccc(CNC(=O)/C=C/c2cc(Cl)c3c(c2)OCCCO3)cc1OC. The highest BCUT2D eigenvalue weighted by atomic mass is 35.5. The molecule has 0 aromatic heterocycles. The van der Waals surface area contributed by atoms with Crippen LogP contribution in [0.25, 0.3) is 6.08 Å². The lowest BCUT2D eigenvalue weighted by atomic mass is 10.1. The van der Waals surface area contributed by atoms with Gasteiger partial charge in [-0.05, 0) is 41.5 Å². The molecule has 0 aliphatic carbocycles. The van der Waals surface area contributed by atoms with Crippen LogP contribution in [0.2, 0.25) is 5.02 Å². The van der Waals surface area contributed by atoms with Crippen molar-refractivity contribution in [2.75, 3.05) is 27.4 Å². The second kappa shape index (κ2) is 9.37. The minimum Gasteiger partial charge on any atom is -0.493 e. The number of amides is 1. The predicted octanol–water partition coefficient (Wildman–Crippen LogP) is 3.85. The van der Waals surface area contributed by atoms with E-state index >= 15 is 0 Å². The van der Waals surface area contributed by atoms with Crippen LogP contribution in [0.15, 0.2) is 36.4 Å². The zero-order chi connectivity index (χ0) is 19.9. The van der Waals surface area contributed by atoms with Crippen LogP contribution in [0.4, 0.5) is 0 Å². The van der Waals surface area contributed by atoms with E-state index in [9.17, 15) is 4.79 Å². The van der Waals surface area contributed by atoms with Gasteiger partial charge in [0.1, 0.15) is 0 Å². The lowest BCUT2D eigenvalue weighted by Crippen LogP contribution is -2.20. The van der Waals surface area contributed by atoms with Crippen LogP contribution < -0.4 is 24.3 Å². The highest BCUT2D eigenvalue weighted by molar-refractivity contribution is 6.32. The highest BCUT2D eigenvalue weighted by Gasteiger charge is 2.15. The first-order valence-electron chi connectivity index (χ1n) is 8.86. The molecular formula is C21H22ClNO5. The fraction of sp³-hybridized carbons (Fsp3) is 0.286. The van der Waals surface area contributed by atoms with Gasteiger partial charge in [0.05, 0.1) is 32.5 Å². The lowest BCUT2D eigenvalue weighted by Gasteiger charge is -2.10. The minimum atomic E-state index is -0.224. The first kappa shape index (κ1) is 19.9. The Kier molecular flexibility index (Phi) is 6.66. The van der Waals surface area contributed by atoms with Crippen LogP contribution in [0.3, 0.4) is 0 Å². The second-order valence-electron chi connectivity index (χ2n) is 6.12. The number of hydrogen-bond donors (Lipinski definition) is 1. The molecule has 2 aromatic carbocycles. The summed E-state index contributed by atoms with van der Waals surface area (Å²) in [4.78, 5) is 12.2. The first-order chi connectivity index (χ1) is 13.6. The molecule has 2 aromatic rings. The summed E-state index contributed by atoms with van der Waals surface area (Å²) in [5.74, 6) is 2.18. The molecule has 6 nitrogen and oxygen atoms in total. The molecule has 0 bridgehead atoms. The molecular weight excluding hydrogens is 382 g/mol. The summed E-state index contributed by atoms with van der Waals surface area (Å²) >= 11 is 6.27.